The molecule has 19 heavy (non-hydrogen) atoms. The Labute approximate surface area is 116 Å². The molecule has 1 heterocycles. The number of nitrogens with two attached hydrogens (primary N) is 1. The lowest BCUT2D eigenvalue weighted by molar-refractivity contribution is 0.665. The van der Waals surface area contributed by atoms with Gasteiger partial charge in [0.1, 0.15) is 0 Å². The molecule has 0 bridgehead atoms. The van der Waals surface area contributed by atoms with Crippen LogP contribution >= 0.6 is 0 Å². The van der Waals surface area contributed by atoms with Crippen LogP contribution in [0.5, 0.6) is 0 Å². The molecule has 2 saturated carbocycles. The summed E-state index contributed by atoms with van der Waals surface area (Å²) < 4.78 is 0. The fourth-order valence-electron chi connectivity index (χ4n) is 2.52. The summed E-state index contributed by atoms with van der Waals surface area (Å²) in [5.41, 5.74) is 8.33. The van der Waals surface area contributed by atoms with Crippen LogP contribution in [0.15, 0.2) is 18.3 Å². The summed E-state index contributed by atoms with van der Waals surface area (Å²) in [6.07, 6.45) is 8.61. The van der Waals surface area contributed by atoms with E-state index in [0.29, 0.717) is 0 Å². The monoisotopic (exact) mass is 259 g/mol. The third-order valence-corrected chi connectivity index (χ3v) is 4.31. The van der Waals surface area contributed by atoms with Crippen molar-refractivity contribution in [3.8, 4) is 0 Å². The van der Waals surface area contributed by atoms with E-state index in [1.54, 1.807) is 0 Å². The van der Waals surface area contributed by atoms with Crippen LogP contribution in [0.1, 0.15) is 50.8 Å². The van der Waals surface area contributed by atoms with E-state index in [-0.39, 0.29) is 6.04 Å². The second-order valence-corrected chi connectivity index (χ2v) is 6.25. The van der Waals surface area contributed by atoms with Crippen LogP contribution in [0, 0.1) is 11.8 Å². The molecule has 0 radical (unpaired) electrons. The Morgan fingerprint density at radius 3 is 2.26 bits per heavy atom. The van der Waals surface area contributed by atoms with Gasteiger partial charge in [0.25, 0.3) is 0 Å². The lowest BCUT2D eigenvalue weighted by Gasteiger charge is -2.25. The van der Waals surface area contributed by atoms with E-state index in [0.717, 1.165) is 24.0 Å². The van der Waals surface area contributed by atoms with Crippen LogP contribution in [0.3, 0.4) is 0 Å². The van der Waals surface area contributed by atoms with Crippen molar-refractivity contribution in [2.24, 2.45) is 17.6 Å². The van der Waals surface area contributed by atoms with Crippen molar-refractivity contribution in [3.63, 3.8) is 0 Å². The van der Waals surface area contributed by atoms with Crippen LogP contribution in [0.25, 0.3) is 0 Å². The van der Waals surface area contributed by atoms with Gasteiger partial charge < -0.3 is 10.6 Å². The van der Waals surface area contributed by atoms with Crippen LogP contribution < -0.4 is 10.6 Å². The Hall–Kier alpha value is -1.09. The van der Waals surface area contributed by atoms with E-state index in [4.69, 9.17) is 5.73 Å². The van der Waals surface area contributed by atoms with E-state index < -0.39 is 0 Å². The number of hydrogen-bond donors (Lipinski definition) is 1. The number of anilines is 1. The van der Waals surface area contributed by atoms with Crippen molar-refractivity contribution in [3.05, 3.63) is 24.0 Å². The van der Waals surface area contributed by atoms with E-state index in [1.165, 1.54) is 44.5 Å². The van der Waals surface area contributed by atoms with Crippen LogP contribution in [0.4, 0.5) is 5.69 Å². The molecule has 2 fully saturated rings. The summed E-state index contributed by atoms with van der Waals surface area (Å²) in [6.45, 7) is 4.54. The van der Waals surface area contributed by atoms with Crippen LogP contribution in [-0.4, -0.2) is 18.1 Å². The van der Waals surface area contributed by atoms with Crippen LogP contribution in [-0.2, 0) is 0 Å². The van der Waals surface area contributed by atoms with Gasteiger partial charge in [-0.1, -0.05) is 6.92 Å². The van der Waals surface area contributed by atoms with Gasteiger partial charge in [0.15, 0.2) is 0 Å². The summed E-state index contributed by atoms with van der Waals surface area (Å²) in [7, 11) is 0. The standard InChI is InChI=1S/C16H25N3/c1-2-15(17)16-8-7-14(9-18-16)19(10-12-3-4-12)11-13-5-6-13/h7-9,12-13,15H,2-6,10-11,17H2,1H3. The van der Waals surface area contributed by atoms with E-state index in [9.17, 15) is 0 Å². The molecule has 0 amide bonds. The molecule has 0 aromatic carbocycles. The van der Waals surface area contributed by atoms with Crippen molar-refractivity contribution in [1.82, 2.24) is 4.98 Å². The van der Waals surface area contributed by atoms with Gasteiger partial charge in [-0.2, -0.15) is 0 Å². The molecule has 2 N–H and O–H groups in total. The zero-order valence-corrected chi connectivity index (χ0v) is 11.9. The molecule has 3 nitrogen and oxygen atoms in total. The number of rotatable bonds is 7. The predicted molar refractivity (Wildman–Crippen MR) is 79.1 cm³/mol. The maximum atomic E-state index is 6.03. The van der Waals surface area contributed by atoms with Crippen molar-refractivity contribution < 1.29 is 0 Å². The molecule has 1 aromatic heterocycles. The number of aromatic nitrogens is 1. The van der Waals surface area contributed by atoms with Gasteiger partial charge in [-0.25, -0.2) is 0 Å². The van der Waals surface area contributed by atoms with Gasteiger partial charge >= 0.3 is 0 Å². The van der Waals surface area contributed by atoms with Crippen molar-refractivity contribution in [1.29, 1.82) is 0 Å². The first-order valence-corrected chi connectivity index (χ1v) is 7.72. The highest BCUT2D eigenvalue weighted by molar-refractivity contribution is 5.45. The van der Waals surface area contributed by atoms with E-state index in [2.05, 4.69) is 28.9 Å². The average Bonchev–Trinajstić information content (AvgIpc) is 3.32. The molecule has 1 atom stereocenters. The zero-order valence-electron chi connectivity index (χ0n) is 11.9. The normalized spacial score (nSPS) is 20.3. The molecule has 2 aliphatic rings. The molecule has 2 aliphatic carbocycles. The van der Waals surface area contributed by atoms with Gasteiger partial charge in [-0.3, -0.25) is 4.98 Å². The molecule has 1 aromatic rings. The number of hydrogen-bond acceptors (Lipinski definition) is 3. The average molecular weight is 259 g/mol. The van der Waals surface area contributed by atoms with Gasteiger partial charge in [-0.15, -0.1) is 0 Å². The second kappa shape index (κ2) is 5.49. The minimum absolute atomic E-state index is 0.0781. The first-order chi connectivity index (χ1) is 9.26. The molecule has 0 spiro atoms. The predicted octanol–water partition coefficient (Wildman–Crippen LogP) is 3.12. The van der Waals surface area contributed by atoms with Crippen molar-refractivity contribution >= 4 is 5.69 Å². The maximum absolute atomic E-state index is 6.03. The third kappa shape index (κ3) is 3.47. The molecule has 3 rings (SSSR count). The third-order valence-electron chi connectivity index (χ3n) is 4.31. The Bertz CT molecular complexity index is 393. The van der Waals surface area contributed by atoms with Gasteiger partial charge in [0.2, 0.25) is 0 Å². The molecular weight excluding hydrogens is 234 g/mol. The minimum atomic E-state index is 0.0781. The van der Waals surface area contributed by atoms with E-state index >= 15 is 0 Å². The fraction of sp³-hybridized carbons (Fsp3) is 0.688. The molecule has 1 unspecified atom stereocenters. The second-order valence-electron chi connectivity index (χ2n) is 6.25. The minimum Gasteiger partial charge on any atom is -0.370 e. The Morgan fingerprint density at radius 2 is 1.84 bits per heavy atom. The Kier molecular flexibility index (Phi) is 3.74. The van der Waals surface area contributed by atoms with Crippen molar-refractivity contribution in [2.75, 3.05) is 18.0 Å². The van der Waals surface area contributed by atoms with E-state index in [1.807, 2.05) is 6.20 Å². The van der Waals surface area contributed by atoms with Gasteiger partial charge in [0.05, 0.1) is 17.6 Å². The quantitative estimate of drug-likeness (QED) is 0.818. The Balaban J connectivity index is 1.68. The highest BCUT2D eigenvalue weighted by Crippen LogP contribution is 2.35. The van der Waals surface area contributed by atoms with Crippen LogP contribution in [0.2, 0.25) is 0 Å². The highest BCUT2D eigenvalue weighted by Gasteiger charge is 2.29. The lowest BCUT2D eigenvalue weighted by atomic mass is 10.1. The summed E-state index contributed by atoms with van der Waals surface area (Å²) >= 11 is 0. The van der Waals surface area contributed by atoms with Gasteiger partial charge in [0, 0.05) is 19.1 Å². The number of nitrogens with zero attached hydrogens (tertiary/aromatic N) is 2. The summed E-state index contributed by atoms with van der Waals surface area (Å²) in [5.74, 6) is 1.85. The maximum Gasteiger partial charge on any atom is 0.0572 e. The molecular formula is C16H25N3. The molecule has 0 aliphatic heterocycles. The lowest BCUT2D eigenvalue weighted by Crippen LogP contribution is -2.28. The summed E-state index contributed by atoms with van der Waals surface area (Å²) in [4.78, 5) is 7.10. The summed E-state index contributed by atoms with van der Waals surface area (Å²) in [6, 6.07) is 4.40. The summed E-state index contributed by atoms with van der Waals surface area (Å²) in [5, 5.41) is 0. The van der Waals surface area contributed by atoms with Gasteiger partial charge in [-0.05, 0) is 56.1 Å². The Morgan fingerprint density at radius 1 is 1.21 bits per heavy atom. The fourth-order valence-corrected chi connectivity index (χ4v) is 2.52. The van der Waals surface area contributed by atoms with Crippen molar-refractivity contribution in [2.45, 2.75) is 45.1 Å². The first-order valence-electron chi connectivity index (χ1n) is 7.72. The highest BCUT2D eigenvalue weighted by atomic mass is 15.1. The zero-order chi connectivity index (χ0) is 13.2. The molecule has 0 saturated heterocycles. The smallest absolute Gasteiger partial charge is 0.0572 e. The first kappa shape index (κ1) is 12.9. The SMILES string of the molecule is CCC(N)c1ccc(N(CC2CC2)CC2CC2)cn1. The number of pyridine rings is 1. The topological polar surface area (TPSA) is 42.1 Å². The molecule has 104 valence electrons. The largest absolute Gasteiger partial charge is 0.370 e. The molecule has 3 heteroatoms.